The molecule has 0 saturated heterocycles. The third-order valence-electron chi connectivity index (χ3n) is 1.99. The molecule has 0 aliphatic heterocycles. The molecular weight excluding hydrogens is 218 g/mol. The SMILES string of the molecule is CSC(=Nc1ccc(C)cc1)C(C#N)C#N. The van der Waals surface area contributed by atoms with E-state index < -0.39 is 5.92 Å². The van der Waals surface area contributed by atoms with E-state index in [0.29, 0.717) is 5.04 Å². The van der Waals surface area contributed by atoms with Crippen molar-refractivity contribution in [1.82, 2.24) is 0 Å². The lowest BCUT2D eigenvalue weighted by Gasteiger charge is -2.02. The second-order valence-corrected chi connectivity index (χ2v) is 4.01. The maximum Gasteiger partial charge on any atom is 0.181 e. The average molecular weight is 229 g/mol. The number of hydrogen-bond acceptors (Lipinski definition) is 4. The van der Waals surface area contributed by atoms with Crippen molar-refractivity contribution in [2.75, 3.05) is 6.26 Å². The molecule has 16 heavy (non-hydrogen) atoms. The Balaban J connectivity index is 3.02. The quantitative estimate of drug-likeness (QED) is 0.578. The molecule has 0 aliphatic rings. The number of aryl methyl sites for hydroxylation is 1. The summed E-state index contributed by atoms with van der Waals surface area (Å²) in [6, 6.07) is 11.5. The van der Waals surface area contributed by atoms with Crippen molar-refractivity contribution in [1.29, 1.82) is 10.5 Å². The summed E-state index contributed by atoms with van der Waals surface area (Å²) in [6.07, 6.45) is 1.81. The van der Waals surface area contributed by atoms with Crippen LogP contribution in [0.4, 0.5) is 5.69 Å². The largest absolute Gasteiger partial charge is 0.244 e. The molecule has 0 bridgehead atoms. The van der Waals surface area contributed by atoms with Crippen molar-refractivity contribution in [3.63, 3.8) is 0 Å². The minimum atomic E-state index is -0.781. The number of nitriles is 2. The van der Waals surface area contributed by atoms with Gasteiger partial charge in [-0.15, -0.1) is 11.8 Å². The molecule has 0 heterocycles. The summed E-state index contributed by atoms with van der Waals surface area (Å²) >= 11 is 1.33. The molecule has 0 spiro atoms. The molecule has 1 rings (SSSR count). The summed E-state index contributed by atoms with van der Waals surface area (Å²) in [5.41, 5.74) is 1.92. The fourth-order valence-corrected chi connectivity index (χ4v) is 1.65. The highest BCUT2D eigenvalue weighted by Gasteiger charge is 2.13. The van der Waals surface area contributed by atoms with Crippen LogP contribution >= 0.6 is 11.8 Å². The highest BCUT2D eigenvalue weighted by Crippen LogP contribution is 2.18. The van der Waals surface area contributed by atoms with Gasteiger partial charge in [0.2, 0.25) is 0 Å². The Morgan fingerprint density at radius 1 is 1.25 bits per heavy atom. The molecule has 0 aromatic heterocycles. The van der Waals surface area contributed by atoms with E-state index in [9.17, 15) is 0 Å². The van der Waals surface area contributed by atoms with Crippen LogP contribution in [0, 0.1) is 35.5 Å². The lowest BCUT2D eigenvalue weighted by molar-refractivity contribution is 1.17. The molecule has 0 aliphatic carbocycles. The summed E-state index contributed by atoms with van der Waals surface area (Å²) in [5, 5.41) is 18.1. The first kappa shape index (κ1) is 12.3. The Hall–Kier alpha value is -1.78. The topological polar surface area (TPSA) is 59.9 Å². The van der Waals surface area contributed by atoms with Crippen LogP contribution in [0.15, 0.2) is 29.3 Å². The molecule has 4 heteroatoms. The monoisotopic (exact) mass is 229 g/mol. The van der Waals surface area contributed by atoms with Gasteiger partial charge < -0.3 is 0 Å². The van der Waals surface area contributed by atoms with E-state index >= 15 is 0 Å². The molecule has 0 radical (unpaired) electrons. The van der Waals surface area contributed by atoms with Crippen molar-refractivity contribution in [2.24, 2.45) is 10.9 Å². The van der Waals surface area contributed by atoms with E-state index in [1.807, 2.05) is 49.6 Å². The molecule has 0 N–H and O–H groups in total. The Kier molecular flexibility index (Phi) is 4.57. The Labute approximate surface area is 99.4 Å². The maximum atomic E-state index is 8.78. The number of rotatable bonds is 2. The maximum absolute atomic E-state index is 8.78. The van der Waals surface area contributed by atoms with Gasteiger partial charge >= 0.3 is 0 Å². The normalized spacial score (nSPS) is 10.9. The zero-order valence-corrected chi connectivity index (χ0v) is 9.95. The van der Waals surface area contributed by atoms with E-state index in [1.165, 1.54) is 11.8 Å². The Morgan fingerprint density at radius 2 is 1.81 bits per heavy atom. The predicted molar refractivity (Wildman–Crippen MR) is 66.5 cm³/mol. The van der Waals surface area contributed by atoms with Crippen molar-refractivity contribution in [2.45, 2.75) is 6.92 Å². The highest BCUT2D eigenvalue weighted by atomic mass is 32.2. The van der Waals surface area contributed by atoms with Gasteiger partial charge in [-0.25, -0.2) is 4.99 Å². The fraction of sp³-hybridized carbons (Fsp3) is 0.250. The summed E-state index contributed by atoms with van der Waals surface area (Å²) in [4.78, 5) is 4.29. The Morgan fingerprint density at radius 3 is 2.25 bits per heavy atom. The average Bonchev–Trinajstić information content (AvgIpc) is 2.32. The third-order valence-corrected chi connectivity index (χ3v) is 2.73. The summed E-state index contributed by atoms with van der Waals surface area (Å²) in [6.45, 7) is 2.00. The first-order chi connectivity index (χ1) is 7.71. The fourth-order valence-electron chi connectivity index (χ4n) is 1.11. The van der Waals surface area contributed by atoms with Gasteiger partial charge in [-0.2, -0.15) is 10.5 Å². The molecule has 0 atom stereocenters. The smallest absolute Gasteiger partial charge is 0.181 e. The lowest BCUT2D eigenvalue weighted by atomic mass is 10.2. The highest BCUT2D eigenvalue weighted by molar-refractivity contribution is 8.13. The van der Waals surface area contributed by atoms with Gasteiger partial charge in [-0.05, 0) is 25.3 Å². The predicted octanol–water partition coefficient (Wildman–Crippen LogP) is 3.05. The van der Waals surface area contributed by atoms with Crippen LogP contribution in [0.2, 0.25) is 0 Å². The van der Waals surface area contributed by atoms with Crippen LogP contribution in [-0.2, 0) is 0 Å². The number of thioether (sulfide) groups is 1. The van der Waals surface area contributed by atoms with Gasteiger partial charge in [0.1, 0.15) is 5.04 Å². The number of hydrogen-bond donors (Lipinski definition) is 0. The molecule has 0 fully saturated rings. The minimum absolute atomic E-state index is 0.536. The molecule has 1 aromatic rings. The number of nitrogens with zero attached hydrogens (tertiary/aromatic N) is 3. The number of aliphatic imine (C=N–C) groups is 1. The van der Waals surface area contributed by atoms with Gasteiger partial charge in [0.15, 0.2) is 5.92 Å². The molecule has 1 aromatic carbocycles. The molecule has 0 amide bonds. The molecule has 0 unspecified atom stereocenters. The van der Waals surface area contributed by atoms with E-state index in [1.54, 1.807) is 0 Å². The van der Waals surface area contributed by atoms with Crippen molar-refractivity contribution < 1.29 is 0 Å². The summed E-state index contributed by atoms with van der Waals surface area (Å²) in [5.74, 6) is -0.781. The van der Waals surface area contributed by atoms with Crippen LogP contribution in [-0.4, -0.2) is 11.3 Å². The zero-order valence-electron chi connectivity index (χ0n) is 9.14. The van der Waals surface area contributed by atoms with Crippen LogP contribution in [0.3, 0.4) is 0 Å². The van der Waals surface area contributed by atoms with E-state index in [4.69, 9.17) is 10.5 Å². The van der Waals surface area contributed by atoms with Gasteiger partial charge in [0.05, 0.1) is 17.8 Å². The van der Waals surface area contributed by atoms with E-state index in [-0.39, 0.29) is 0 Å². The summed E-state index contributed by atoms with van der Waals surface area (Å²) < 4.78 is 0. The number of benzene rings is 1. The third kappa shape index (κ3) is 3.12. The standard InChI is InChI=1S/C12H11N3S/c1-9-3-5-11(6-4-9)15-12(16-2)10(7-13)8-14/h3-6,10H,1-2H3. The lowest BCUT2D eigenvalue weighted by Crippen LogP contribution is -2.05. The van der Waals surface area contributed by atoms with E-state index in [0.717, 1.165) is 11.3 Å². The summed E-state index contributed by atoms with van der Waals surface area (Å²) in [7, 11) is 0. The van der Waals surface area contributed by atoms with Gasteiger partial charge in [0.25, 0.3) is 0 Å². The van der Waals surface area contributed by atoms with Gasteiger partial charge in [-0.1, -0.05) is 17.7 Å². The molecule has 80 valence electrons. The first-order valence-electron chi connectivity index (χ1n) is 4.69. The minimum Gasteiger partial charge on any atom is -0.244 e. The van der Waals surface area contributed by atoms with E-state index in [2.05, 4.69) is 4.99 Å². The second kappa shape index (κ2) is 5.95. The zero-order chi connectivity index (χ0) is 12.0. The molecule has 3 nitrogen and oxygen atoms in total. The second-order valence-electron chi connectivity index (χ2n) is 3.18. The van der Waals surface area contributed by atoms with Crippen LogP contribution in [0.5, 0.6) is 0 Å². The Bertz CT molecular complexity index is 449. The van der Waals surface area contributed by atoms with Crippen LogP contribution in [0.1, 0.15) is 5.56 Å². The van der Waals surface area contributed by atoms with Crippen molar-refractivity contribution in [3.8, 4) is 12.1 Å². The molecular formula is C12H11N3S. The van der Waals surface area contributed by atoms with Crippen molar-refractivity contribution >= 4 is 22.5 Å². The van der Waals surface area contributed by atoms with Crippen LogP contribution in [0.25, 0.3) is 0 Å². The van der Waals surface area contributed by atoms with Crippen LogP contribution < -0.4 is 0 Å². The van der Waals surface area contributed by atoms with Gasteiger partial charge in [0, 0.05) is 0 Å². The van der Waals surface area contributed by atoms with Crippen molar-refractivity contribution in [3.05, 3.63) is 29.8 Å². The first-order valence-corrected chi connectivity index (χ1v) is 5.92. The van der Waals surface area contributed by atoms with Gasteiger partial charge in [-0.3, -0.25) is 0 Å². The molecule has 0 saturated carbocycles.